The molecule has 1 unspecified atom stereocenters. The van der Waals surface area contributed by atoms with Gasteiger partial charge in [-0.1, -0.05) is 23.8 Å². The van der Waals surface area contributed by atoms with E-state index in [4.69, 9.17) is 4.52 Å². The number of thioether (sulfide) groups is 1. The molecule has 0 saturated carbocycles. The summed E-state index contributed by atoms with van der Waals surface area (Å²) in [6.07, 6.45) is 4.80. The first kappa shape index (κ1) is 20.6. The summed E-state index contributed by atoms with van der Waals surface area (Å²) >= 11 is 2.89. The Morgan fingerprint density at radius 3 is 2.93 bits per heavy atom. The molecule has 30 heavy (non-hydrogen) atoms. The van der Waals surface area contributed by atoms with Gasteiger partial charge in [0.2, 0.25) is 0 Å². The van der Waals surface area contributed by atoms with Crippen LogP contribution in [-0.4, -0.2) is 22.0 Å². The zero-order valence-electron chi connectivity index (χ0n) is 16.7. The summed E-state index contributed by atoms with van der Waals surface area (Å²) in [4.78, 5) is 31.4. The van der Waals surface area contributed by atoms with Gasteiger partial charge in [0, 0.05) is 22.9 Å². The number of aryl methyl sites for hydroxylation is 2. The fourth-order valence-corrected chi connectivity index (χ4v) is 5.34. The Morgan fingerprint density at radius 1 is 1.30 bits per heavy atom. The van der Waals surface area contributed by atoms with Gasteiger partial charge >= 0.3 is 0 Å². The van der Waals surface area contributed by atoms with Crippen molar-refractivity contribution in [1.82, 2.24) is 21.0 Å². The Balaban J connectivity index is 1.37. The molecule has 0 fully saturated rings. The molecule has 7 nitrogen and oxygen atoms in total. The molecule has 156 valence electrons. The first-order valence-corrected chi connectivity index (χ1v) is 11.5. The van der Waals surface area contributed by atoms with E-state index in [-0.39, 0.29) is 5.91 Å². The maximum absolute atomic E-state index is 12.6. The van der Waals surface area contributed by atoms with E-state index in [0.29, 0.717) is 27.1 Å². The lowest BCUT2D eigenvalue weighted by Crippen LogP contribution is -2.41. The van der Waals surface area contributed by atoms with Crippen LogP contribution < -0.4 is 10.9 Å². The largest absolute Gasteiger partial charge is 0.361 e. The number of fused-ring (bicyclic) bond motifs is 1. The summed E-state index contributed by atoms with van der Waals surface area (Å²) in [5, 5.41) is 4.51. The van der Waals surface area contributed by atoms with Crippen LogP contribution in [0.4, 0.5) is 0 Å². The number of carbonyl (C=O) groups is 2. The monoisotopic (exact) mass is 442 g/mol. The maximum atomic E-state index is 12.6. The first-order chi connectivity index (χ1) is 14.5. The minimum absolute atomic E-state index is 0.299. The molecule has 0 saturated heterocycles. The second-order valence-corrected chi connectivity index (χ2v) is 9.49. The average molecular weight is 443 g/mol. The minimum atomic E-state index is -0.412. The normalized spacial score (nSPS) is 15.5. The molecule has 3 aromatic rings. The predicted molar refractivity (Wildman–Crippen MR) is 115 cm³/mol. The molecular weight excluding hydrogens is 420 g/mol. The van der Waals surface area contributed by atoms with Crippen molar-refractivity contribution in [2.75, 3.05) is 0 Å². The van der Waals surface area contributed by atoms with Crippen LogP contribution in [0.25, 0.3) is 0 Å². The summed E-state index contributed by atoms with van der Waals surface area (Å²) < 4.78 is 5.06. The number of thiophene rings is 1. The number of pyridine rings is 1. The third kappa shape index (κ3) is 4.73. The van der Waals surface area contributed by atoms with Gasteiger partial charge < -0.3 is 4.52 Å². The van der Waals surface area contributed by atoms with Gasteiger partial charge in [0.1, 0.15) is 10.8 Å². The fourth-order valence-electron chi connectivity index (χ4n) is 3.37. The van der Waals surface area contributed by atoms with Gasteiger partial charge in [-0.3, -0.25) is 20.4 Å². The number of aromatic nitrogens is 2. The van der Waals surface area contributed by atoms with Gasteiger partial charge in [-0.25, -0.2) is 4.98 Å². The zero-order valence-corrected chi connectivity index (χ0v) is 18.4. The maximum Gasteiger partial charge on any atom is 0.279 e. The summed E-state index contributed by atoms with van der Waals surface area (Å²) in [5.74, 6) is 1.19. The molecule has 1 atom stereocenters. The smallest absolute Gasteiger partial charge is 0.279 e. The molecule has 3 heterocycles. The number of rotatable bonds is 5. The van der Waals surface area contributed by atoms with Crippen LogP contribution in [0.5, 0.6) is 0 Å². The summed E-state index contributed by atoms with van der Waals surface area (Å²) in [5.41, 5.74) is 7.46. The molecule has 0 aromatic carbocycles. The van der Waals surface area contributed by atoms with Crippen molar-refractivity contribution in [3.8, 4) is 0 Å². The van der Waals surface area contributed by atoms with Crippen molar-refractivity contribution in [1.29, 1.82) is 0 Å². The van der Waals surface area contributed by atoms with E-state index in [1.807, 2.05) is 19.1 Å². The van der Waals surface area contributed by atoms with Crippen LogP contribution in [0.1, 0.15) is 55.3 Å². The number of nitrogens with zero attached hydrogens (tertiary/aromatic N) is 2. The lowest BCUT2D eigenvalue weighted by Gasteiger charge is -2.16. The highest BCUT2D eigenvalue weighted by atomic mass is 32.2. The molecule has 0 radical (unpaired) electrons. The van der Waals surface area contributed by atoms with E-state index in [1.165, 1.54) is 33.5 Å². The third-order valence-corrected chi connectivity index (χ3v) is 7.17. The van der Waals surface area contributed by atoms with Gasteiger partial charge in [-0.05, 0) is 55.9 Å². The highest BCUT2D eigenvalue weighted by molar-refractivity contribution is 7.98. The van der Waals surface area contributed by atoms with E-state index in [1.54, 1.807) is 18.3 Å². The van der Waals surface area contributed by atoms with E-state index in [0.717, 1.165) is 30.7 Å². The van der Waals surface area contributed by atoms with E-state index in [9.17, 15) is 9.59 Å². The van der Waals surface area contributed by atoms with Crippen molar-refractivity contribution in [3.63, 3.8) is 0 Å². The van der Waals surface area contributed by atoms with Crippen LogP contribution in [0.2, 0.25) is 0 Å². The molecule has 0 spiro atoms. The van der Waals surface area contributed by atoms with Crippen LogP contribution in [0.3, 0.4) is 0 Å². The van der Waals surface area contributed by atoms with E-state index < -0.39 is 5.91 Å². The number of hydrazine groups is 1. The Labute approximate surface area is 182 Å². The number of amides is 2. The molecule has 3 aromatic heterocycles. The number of nitrogens with one attached hydrogen (secondary N) is 2. The van der Waals surface area contributed by atoms with Crippen molar-refractivity contribution in [2.24, 2.45) is 5.92 Å². The van der Waals surface area contributed by atoms with Crippen LogP contribution in [0, 0.1) is 12.8 Å². The van der Waals surface area contributed by atoms with Crippen LogP contribution in [-0.2, 0) is 18.6 Å². The van der Waals surface area contributed by atoms with Gasteiger partial charge in [0.25, 0.3) is 11.8 Å². The number of hydrogen-bond donors (Lipinski definition) is 2. The Morgan fingerprint density at radius 2 is 2.13 bits per heavy atom. The molecule has 4 rings (SSSR count). The van der Waals surface area contributed by atoms with Gasteiger partial charge in [-0.15, -0.1) is 11.3 Å². The highest BCUT2D eigenvalue weighted by Gasteiger charge is 2.21. The number of carbonyl (C=O) groups excluding carboxylic acids is 2. The van der Waals surface area contributed by atoms with Crippen molar-refractivity contribution < 1.29 is 14.1 Å². The Hall–Kier alpha value is -2.65. The van der Waals surface area contributed by atoms with E-state index in [2.05, 4.69) is 27.9 Å². The topological polar surface area (TPSA) is 97.1 Å². The van der Waals surface area contributed by atoms with Gasteiger partial charge in [0.15, 0.2) is 0 Å². The van der Waals surface area contributed by atoms with Gasteiger partial charge in [-0.2, -0.15) is 0 Å². The van der Waals surface area contributed by atoms with Crippen molar-refractivity contribution in [3.05, 3.63) is 62.8 Å². The predicted octanol–water partition coefficient (Wildman–Crippen LogP) is 3.93. The average Bonchev–Trinajstić information content (AvgIpc) is 3.36. The molecule has 9 heteroatoms. The molecular formula is C21H22N4O3S2. The van der Waals surface area contributed by atoms with Crippen molar-refractivity contribution >= 4 is 34.9 Å². The molecule has 1 aliphatic rings. The highest BCUT2D eigenvalue weighted by Crippen LogP contribution is 2.32. The van der Waals surface area contributed by atoms with Gasteiger partial charge in [0.05, 0.1) is 16.1 Å². The Bertz CT molecular complexity index is 1080. The van der Waals surface area contributed by atoms with Crippen molar-refractivity contribution in [2.45, 2.75) is 43.9 Å². The SMILES string of the molecule is Cc1cc(CSc2ncccc2C(=O)NNC(=O)c2cc3c(s2)CCC(C)C3)no1. The minimum Gasteiger partial charge on any atom is -0.361 e. The quantitative estimate of drug-likeness (QED) is 0.459. The third-order valence-electron chi connectivity index (χ3n) is 4.89. The molecule has 0 bridgehead atoms. The standard InChI is InChI=1S/C21H22N4O3S2/c1-12-5-6-17-14(8-12)10-18(30-17)20(27)24-23-19(26)16-4-3-7-22-21(16)29-11-15-9-13(2)28-25-15/h3-4,7,9-10,12H,5-6,8,11H2,1-2H3,(H,23,26)(H,24,27). The summed E-state index contributed by atoms with van der Waals surface area (Å²) in [6.45, 7) is 4.06. The second kappa shape index (κ2) is 9.01. The van der Waals surface area contributed by atoms with E-state index >= 15 is 0 Å². The number of hydrogen-bond acceptors (Lipinski definition) is 7. The lowest BCUT2D eigenvalue weighted by atomic mass is 9.90. The Kier molecular flexibility index (Phi) is 6.19. The molecule has 0 aliphatic heterocycles. The zero-order chi connectivity index (χ0) is 21.1. The molecule has 1 aliphatic carbocycles. The molecule has 2 amide bonds. The lowest BCUT2D eigenvalue weighted by molar-refractivity contribution is 0.0847. The van der Waals surface area contributed by atoms with Crippen LogP contribution in [0.15, 0.2) is 40.0 Å². The molecule has 2 N–H and O–H groups in total. The fraction of sp³-hybridized carbons (Fsp3) is 0.333. The second-order valence-electron chi connectivity index (χ2n) is 7.39. The summed E-state index contributed by atoms with van der Waals surface area (Å²) in [7, 11) is 0. The van der Waals surface area contributed by atoms with Crippen LogP contribution >= 0.6 is 23.1 Å². The first-order valence-electron chi connectivity index (χ1n) is 9.72. The summed E-state index contributed by atoms with van der Waals surface area (Å²) in [6, 6.07) is 7.16.